The Hall–Kier alpha value is -1.54. The van der Waals surface area contributed by atoms with Crippen LogP contribution in [0.3, 0.4) is 0 Å². The molecule has 0 unspecified atom stereocenters. The Morgan fingerprint density at radius 3 is 2.40 bits per heavy atom. The Labute approximate surface area is 168 Å². The second-order valence-electron chi connectivity index (χ2n) is 4.72. The van der Waals surface area contributed by atoms with E-state index in [9.17, 15) is 4.79 Å². The number of benzene rings is 2. The first-order chi connectivity index (χ1) is 11.8. The van der Waals surface area contributed by atoms with E-state index in [2.05, 4.69) is 26.6 Å². The zero-order valence-electron chi connectivity index (χ0n) is 13.2. The molecule has 0 bridgehead atoms. The highest BCUT2D eigenvalue weighted by atomic mass is 79.9. The zero-order valence-corrected chi connectivity index (χ0v) is 17.1. The quantitative estimate of drug-likeness (QED) is 0.631. The molecule has 25 heavy (non-hydrogen) atoms. The van der Waals surface area contributed by atoms with Gasteiger partial charge < -0.3 is 14.8 Å². The molecule has 0 aliphatic heterocycles. The van der Waals surface area contributed by atoms with Gasteiger partial charge in [-0.15, -0.1) is 0 Å². The van der Waals surface area contributed by atoms with Crippen molar-refractivity contribution >= 4 is 68.1 Å². The lowest BCUT2D eigenvalue weighted by Crippen LogP contribution is -2.34. The Kier molecular flexibility index (Phi) is 6.89. The summed E-state index contributed by atoms with van der Waals surface area (Å²) in [4.78, 5) is 12.3. The molecule has 2 aromatic rings. The lowest BCUT2D eigenvalue weighted by atomic mass is 10.2. The van der Waals surface area contributed by atoms with Gasteiger partial charge in [0.2, 0.25) is 0 Å². The number of hydrogen-bond acceptors (Lipinski definition) is 4. The van der Waals surface area contributed by atoms with Gasteiger partial charge in [-0.05, 0) is 30.4 Å². The highest BCUT2D eigenvalue weighted by Crippen LogP contribution is 2.35. The van der Waals surface area contributed by atoms with Crippen LogP contribution in [0.5, 0.6) is 11.5 Å². The van der Waals surface area contributed by atoms with E-state index >= 15 is 0 Å². The van der Waals surface area contributed by atoms with E-state index in [1.807, 2.05) is 0 Å². The molecule has 0 spiro atoms. The van der Waals surface area contributed by atoms with E-state index in [0.717, 1.165) is 4.47 Å². The van der Waals surface area contributed by atoms with Crippen molar-refractivity contribution in [1.29, 1.82) is 0 Å². The van der Waals surface area contributed by atoms with E-state index < -0.39 is 5.91 Å². The van der Waals surface area contributed by atoms with E-state index in [1.54, 1.807) is 30.3 Å². The first kappa shape index (κ1) is 19.8. The number of carbonyl (C=O) groups is 1. The molecule has 132 valence electrons. The Bertz CT molecular complexity index is 833. The molecule has 0 radical (unpaired) electrons. The molecular weight excluding hydrogens is 451 g/mol. The minimum atomic E-state index is -0.441. The second kappa shape index (κ2) is 8.71. The van der Waals surface area contributed by atoms with Crippen molar-refractivity contribution in [2.24, 2.45) is 0 Å². The molecule has 5 nitrogen and oxygen atoms in total. The summed E-state index contributed by atoms with van der Waals surface area (Å²) in [5.41, 5.74) is 0.787. The molecule has 2 N–H and O–H groups in total. The Morgan fingerprint density at radius 1 is 1.08 bits per heavy atom. The molecule has 9 heteroatoms. The fourth-order valence-corrected chi connectivity index (χ4v) is 2.95. The van der Waals surface area contributed by atoms with Crippen LogP contribution in [0.2, 0.25) is 10.0 Å². The number of halogens is 3. The molecule has 1 amide bonds. The first-order valence-corrected chi connectivity index (χ1v) is 8.80. The van der Waals surface area contributed by atoms with E-state index in [4.69, 9.17) is 44.9 Å². The molecule has 0 atom stereocenters. The third kappa shape index (κ3) is 4.98. The van der Waals surface area contributed by atoms with Crippen LogP contribution < -0.4 is 20.1 Å². The molecule has 0 saturated carbocycles. The summed E-state index contributed by atoms with van der Waals surface area (Å²) in [6.07, 6.45) is 0. The maximum atomic E-state index is 12.3. The zero-order chi connectivity index (χ0) is 18.6. The van der Waals surface area contributed by atoms with Crippen LogP contribution >= 0.6 is 51.3 Å². The van der Waals surface area contributed by atoms with Crippen LogP contribution in [0.1, 0.15) is 10.4 Å². The van der Waals surface area contributed by atoms with Gasteiger partial charge in [-0.1, -0.05) is 39.1 Å². The van der Waals surface area contributed by atoms with Crippen molar-refractivity contribution in [3.63, 3.8) is 0 Å². The molecule has 0 saturated heterocycles. The fraction of sp³-hybridized carbons (Fsp3) is 0.125. The van der Waals surface area contributed by atoms with Gasteiger partial charge in [0.25, 0.3) is 5.91 Å². The summed E-state index contributed by atoms with van der Waals surface area (Å²) in [7, 11) is 2.99. The Morgan fingerprint density at radius 2 is 1.76 bits per heavy atom. The minimum absolute atomic E-state index is 0.0729. The summed E-state index contributed by atoms with van der Waals surface area (Å²) in [6.45, 7) is 0. The van der Waals surface area contributed by atoms with Crippen molar-refractivity contribution in [2.75, 3.05) is 19.5 Å². The fourth-order valence-electron chi connectivity index (χ4n) is 1.95. The topological polar surface area (TPSA) is 59.6 Å². The number of thiocarbonyl (C=S) groups is 1. The highest BCUT2D eigenvalue weighted by molar-refractivity contribution is 9.10. The average molecular weight is 464 g/mol. The number of amides is 1. The lowest BCUT2D eigenvalue weighted by molar-refractivity contribution is 0.0978. The van der Waals surface area contributed by atoms with Gasteiger partial charge in [0.05, 0.1) is 35.5 Å². The number of nitrogens with one attached hydrogen (secondary N) is 2. The Balaban J connectivity index is 2.17. The predicted octanol–water partition coefficient (Wildman–Crippen LogP) is 4.90. The van der Waals surface area contributed by atoms with Crippen molar-refractivity contribution in [1.82, 2.24) is 5.32 Å². The summed E-state index contributed by atoms with van der Waals surface area (Å²) in [5, 5.41) is 6.22. The van der Waals surface area contributed by atoms with Gasteiger partial charge in [0.1, 0.15) is 11.5 Å². The third-order valence-corrected chi connectivity index (χ3v) is 4.44. The van der Waals surface area contributed by atoms with Crippen LogP contribution in [-0.4, -0.2) is 25.2 Å². The van der Waals surface area contributed by atoms with E-state index in [1.165, 1.54) is 14.2 Å². The third-order valence-electron chi connectivity index (χ3n) is 3.12. The normalized spacial score (nSPS) is 10.1. The SMILES string of the molecule is COc1cc(NC(=S)NC(=O)c2cc(Br)ccc2Cl)c(OC)cc1Cl. The van der Waals surface area contributed by atoms with Gasteiger partial charge >= 0.3 is 0 Å². The lowest BCUT2D eigenvalue weighted by Gasteiger charge is -2.15. The number of methoxy groups -OCH3 is 2. The predicted molar refractivity (Wildman–Crippen MR) is 107 cm³/mol. The van der Waals surface area contributed by atoms with Gasteiger partial charge in [-0.25, -0.2) is 0 Å². The molecule has 0 aromatic heterocycles. The van der Waals surface area contributed by atoms with E-state index in [0.29, 0.717) is 32.8 Å². The van der Waals surface area contributed by atoms with Crippen LogP contribution in [-0.2, 0) is 0 Å². The minimum Gasteiger partial charge on any atom is -0.495 e. The number of anilines is 1. The number of carbonyl (C=O) groups excluding carboxylic acids is 1. The van der Waals surface area contributed by atoms with Gasteiger partial charge in [0.15, 0.2) is 5.11 Å². The number of ether oxygens (including phenoxy) is 2. The molecule has 2 aromatic carbocycles. The number of hydrogen-bond donors (Lipinski definition) is 2. The summed E-state index contributed by atoms with van der Waals surface area (Å²) in [6, 6.07) is 8.15. The van der Waals surface area contributed by atoms with Crippen LogP contribution in [0.15, 0.2) is 34.8 Å². The van der Waals surface area contributed by atoms with Gasteiger partial charge in [0, 0.05) is 16.6 Å². The summed E-state index contributed by atoms with van der Waals surface area (Å²) in [5.74, 6) is 0.445. The van der Waals surface area contributed by atoms with Crippen LogP contribution in [0.25, 0.3) is 0 Å². The molecule has 0 heterocycles. The van der Waals surface area contributed by atoms with Crippen LogP contribution in [0.4, 0.5) is 5.69 Å². The highest BCUT2D eigenvalue weighted by Gasteiger charge is 2.15. The van der Waals surface area contributed by atoms with Crippen molar-refractivity contribution in [3.05, 3.63) is 50.4 Å². The maximum Gasteiger partial charge on any atom is 0.258 e. The molecule has 2 rings (SSSR count). The van der Waals surface area contributed by atoms with Crippen molar-refractivity contribution in [2.45, 2.75) is 0 Å². The molecular formula is C16H13BrCl2N2O3S. The maximum absolute atomic E-state index is 12.3. The molecule has 0 aliphatic rings. The molecule has 0 fully saturated rings. The van der Waals surface area contributed by atoms with E-state index in [-0.39, 0.29) is 5.11 Å². The van der Waals surface area contributed by atoms with Gasteiger partial charge in [-0.3, -0.25) is 10.1 Å². The number of rotatable bonds is 4. The standard InChI is InChI=1S/C16H13BrCl2N2O3S/c1-23-13-7-12(14(24-2)6-11(13)19)20-16(25)21-15(22)9-5-8(17)3-4-10(9)18/h3-7H,1-2H3,(H2,20,21,22,25). The van der Waals surface area contributed by atoms with Gasteiger partial charge in [-0.2, -0.15) is 0 Å². The summed E-state index contributed by atoms with van der Waals surface area (Å²) < 4.78 is 11.1. The smallest absolute Gasteiger partial charge is 0.258 e. The summed E-state index contributed by atoms with van der Waals surface area (Å²) >= 11 is 20.6. The van der Waals surface area contributed by atoms with Crippen molar-refractivity contribution in [3.8, 4) is 11.5 Å². The second-order valence-corrected chi connectivity index (χ2v) is 6.86. The first-order valence-electron chi connectivity index (χ1n) is 6.84. The largest absolute Gasteiger partial charge is 0.495 e. The average Bonchev–Trinajstić information content (AvgIpc) is 2.57. The van der Waals surface area contributed by atoms with Crippen molar-refractivity contribution < 1.29 is 14.3 Å². The molecule has 0 aliphatic carbocycles. The monoisotopic (exact) mass is 462 g/mol. The van der Waals surface area contributed by atoms with Crippen LogP contribution in [0, 0.1) is 0 Å².